The van der Waals surface area contributed by atoms with Gasteiger partial charge in [0.1, 0.15) is 4.34 Å². The van der Waals surface area contributed by atoms with Crippen molar-refractivity contribution in [2.45, 2.75) is 6.04 Å². The molecule has 6 heteroatoms. The average molecular weight is 474 g/mol. The minimum Gasteiger partial charge on any atom is -0.309 e. The molecule has 0 aliphatic heterocycles. The summed E-state index contributed by atoms with van der Waals surface area (Å²) in [7, 11) is 1.95. The predicted molar refractivity (Wildman–Crippen MR) is 89.8 cm³/mol. The maximum atomic E-state index is 6.11. The summed E-state index contributed by atoms with van der Waals surface area (Å²) in [4.78, 5) is 1.18. The van der Waals surface area contributed by atoms with E-state index in [0.717, 1.165) is 17.8 Å². The first-order chi connectivity index (χ1) is 8.52. The summed E-state index contributed by atoms with van der Waals surface area (Å²) in [5, 5.41) is 3.32. The van der Waals surface area contributed by atoms with Crippen LogP contribution in [-0.2, 0) is 0 Å². The van der Waals surface area contributed by atoms with Crippen molar-refractivity contribution in [3.63, 3.8) is 0 Å². The zero-order chi connectivity index (χ0) is 13.3. The van der Waals surface area contributed by atoms with E-state index in [9.17, 15) is 0 Å². The van der Waals surface area contributed by atoms with E-state index in [1.54, 1.807) is 11.3 Å². The quantitative estimate of drug-likeness (QED) is 0.576. The molecular formula is C12H9Br3ClNS. The first-order valence-electron chi connectivity index (χ1n) is 5.10. The lowest BCUT2D eigenvalue weighted by atomic mass is 10.1. The van der Waals surface area contributed by atoms with Gasteiger partial charge in [-0.3, -0.25) is 0 Å². The van der Waals surface area contributed by atoms with Gasteiger partial charge >= 0.3 is 0 Å². The summed E-state index contributed by atoms with van der Waals surface area (Å²) in [5.74, 6) is 0. The van der Waals surface area contributed by atoms with Gasteiger partial charge in [-0.15, -0.1) is 11.3 Å². The Labute approximate surface area is 140 Å². The number of hydrogen-bond donors (Lipinski definition) is 1. The molecule has 0 fully saturated rings. The number of nitrogens with one attached hydrogen (secondary N) is 1. The minimum absolute atomic E-state index is 0.126. The first kappa shape index (κ1) is 15.0. The van der Waals surface area contributed by atoms with Crippen LogP contribution in [0.4, 0.5) is 0 Å². The fraction of sp³-hybridized carbons (Fsp3) is 0.167. The first-order valence-corrected chi connectivity index (χ1v) is 8.67. The van der Waals surface area contributed by atoms with Gasteiger partial charge in [0.25, 0.3) is 0 Å². The van der Waals surface area contributed by atoms with Crippen LogP contribution in [0.1, 0.15) is 16.5 Å². The van der Waals surface area contributed by atoms with E-state index in [4.69, 9.17) is 11.6 Å². The molecular weight excluding hydrogens is 465 g/mol. The lowest BCUT2D eigenvalue weighted by Crippen LogP contribution is -2.16. The highest BCUT2D eigenvalue weighted by Gasteiger charge is 2.18. The molecule has 0 saturated heterocycles. The number of hydrogen-bond acceptors (Lipinski definition) is 2. The van der Waals surface area contributed by atoms with E-state index in [0.29, 0.717) is 0 Å². The van der Waals surface area contributed by atoms with Gasteiger partial charge < -0.3 is 5.32 Å². The second-order valence-electron chi connectivity index (χ2n) is 3.66. The van der Waals surface area contributed by atoms with Gasteiger partial charge in [0.05, 0.1) is 6.04 Å². The molecule has 0 aliphatic rings. The van der Waals surface area contributed by atoms with E-state index < -0.39 is 0 Å². The van der Waals surface area contributed by atoms with Crippen molar-refractivity contribution in [2.75, 3.05) is 7.05 Å². The van der Waals surface area contributed by atoms with Crippen LogP contribution in [0.2, 0.25) is 4.34 Å². The summed E-state index contributed by atoms with van der Waals surface area (Å²) < 4.78 is 3.84. The van der Waals surface area contributed by atoms with Crippen molar-refractivity contribution in [1.82, 2.24) is 5.32 Å². The molecule has 1 nitrogen and oxygen atoms in total. The smallest absolute Gasteiger partial charge is 0.107 e. The predicted octanol–water partition coefficient (Wildman–Crippen LogP) is 6.00. The van der Waals surface area contributed by atoms with Crippen LogP contribution < -0.4 is 5.32 Å². The van der Waals surface area contributed by atoms with Crippen LogP contribution in [0.5, 0.6) is 0 Å². The monoisotopic (exact) mass is 471 g/mol. The van der Waals surface area contributed by atoms with Gasteiger partial charge in [-0.05, 0) is 46.7 Å². The zero-order valence-electron chi connectivity index (χ0n) is 9.31. The Kier molecular flexibility index (Phi) is 5.31. The molecule has 1 N–H and O–H groups in total. The number of thiophene rings is 1. The molecule has 1 unspecified atom stereocenters. The van der Waals surface area contributed by atoms with Gasteiger partial charge in [0.2, 0.25) is 0 Å². The molecule has 2 rings (SSSR count). The molecule has 0 amide bonds. The van der Waals surface area contributed by atoms with Crippen LogP contribution in [0.15, 0.2) is 37.7 Å². The van der Waals surface area contributed by atoms with Gasteiger partial charge in [0, 0.05) is 18.3 Å². The van der Waals surface area contributed by atoms with E-state index in [1.807, 2.05) is 19.2 Å². The molecule has 1 aromatic heterocycles. The summed E-state index contributed by atoms with van der Waals surface area (Å²) in [6, 6.07) is 8.36. The Morgan fingerprint density at radius 3 is 2.39 bits per heavy atom. The molecule has 18 heavy (non-hydrogen) atoms. The van der Waals surface area contributed by atoms with Crippen molar-refractivity contribution >= 4 is 70.7 Å². The number of benzene rings is 1. The third-order valence-electron chi connectivity index (χ3n) is 2.51. The normalized spacial score (nSPS) is 12.7. The third kappa shape index (κ3) is 3.19. The summed E-state index contributed by atoms with van der Waals surface area (Å²) in [5.41, 5.74) is 1.19. The highest BCUT2D eigenvalue weighted by molar-refractivity contribution is 9.11. The van der Waals surface area contributed by atoms with Crippen molar-refractivity contribution < 1.29 is 0 Å². The summed E-state index contributed by atoms with van der Waals surface area (Å²) >= 11 is 18.2. The van der Waals surface area contributed by atoms with Crippen LogP contribution in [-0.4, -0.2) is 7.05 Å². The Morgan fingerprint density at radius 1 is 1.17 bits per heavy atom. The van der Waals surface area contributed by atoms with Crippen LogP contribution >= 0.6 is 70.7 Å². The number of rotatable bonds is 3. The van der Waals surface area contributed by atoms with E-state index >= 15 is 0 Å². The maximum Gasteiger partial charge on any atom is 0.107 e. The van der Waals surface area contributed by atoms with Crippen molar-refractivity contribution in [3.8, 4) is 0 Å². The second kappa shape index (κ2) is 6.37. The van der Waals surface area contributed by atoms with Gasteiger partial charge in [-0.2, -0.15) is 0 Å². The molecule has 0 saturated carbocycles. The molecule has 0 aliphatic carbocycles. The third-order valence-corrected chi connectivity index (χ3v) is 6.23. The Balaban J connectivity index is 2.45. The molecule has 96 valence electrons. The maximum absolute atomic E-state index is 6.11. The minimum atomic E-state index is 0.126. The van der Waals surface area contributed by atoms with Crippen LogP contribution in [0.3, 0.4) is 0 Å². The van der Waals surface area contributed by atoms with Crippen molar-refractivity contribution in [3.05, 3.63) is 52.5 Å². The fourth-order valence-electron chi connectivity index (χ4n) is 1.69. The van der Waals surface area contributed by atoms with Crippen LogP contribution in [0.25, 0.3) is 0 Å². The van der Waals surface area contributed by atoms with Gasteiger partial charge in [-0.1, -0.05) is 49.5 Å². The average Bonchev–Trinajstić information content (AvgIpc) is 2.63. The number of halogens is 4. The highest BCUT2D eigenvalue weighted by Crippen LogP contribution is 2.39. The largest absolute Gasteiger partial charge is 0.309 e. The van der Waals surface area contributed by atoms with Gasteiger partial charge in [-0.25, -0.2) is 0 Å². The molecule has 0 radical (unpaired) electrons. The van der Waals surface area contributed by atoms with E-state index in [-0.39, 0.29) is 6.04 Å². The summed E-state index contributed by atoms with van der Waals surface area (Å²) in [6.45, 7) is 0. The Hall–Kier alpha value is 0.610. The Morgan fingerprint density at radius 2 is 1.89 bits per heavy atom. The molecule has 1 heterocycles. The molecule has 1 atom stereocenters. The second-order valence-corrected chi connectivity index (χ2v) is 7.97. The van der Waals surface area contributed by atoms with Crippen molar-refractivity contribution in [2.24, 2.45) is 0 Å². The van der Waals surface area contributed by atoms with Gasteiger partial charge in [0.15, 0.2) is 0 Å². The summed E-state index contributed by atoms with van der Waals surface area (Å²) in [6.07, 6.45) is 0. The Bertz CT molecular complexity index is 551. The highest BCUT2D eigenvalue weighted by atomic mass is 79.9. The molecule has 0 bridgehead atoms. The van der Waals surface area contributed by atoms with E-state index in [1.165, 1.54) is 10.4 Å². The lowest BCUT2D eigenvalue weighted by molar-refractivity contribution is 0.700. The standard InChI is InChI=1S/C12H9Br3ClNS/c1-17-11(10-5-9(15)12(16)18-10)7-3-2-6(13)4-8(7)14/h2-5,11,17H,1H3. The zero-order valence-corrected chi connectivity index (χ0v) is 15.6. The topological polar surface area (TPSA) is 12.0 Å². The van der Waals surface area contributed by atoms with Crippen molar-refractivity contribution in [1.29, 1.82) is 0 Å². The fourth-order valence-corrected chi connectivity index (χ4v) is 4.83. The SMILES string of the molecule is CNC(c1cc(Br)c(Cl)s1)c1ccc(Br)cc1Br. The lowest BCUT2D eigenvalue weighted by Gasteiger charge is -2.16. The molecule has 0 spiro atoms. The van der Waals surface area contributed by atoms with E-state index in [2.05, 4.69) is 65.2 Å². The van der Waals surface area contributed by atoms with Crippen LogP contribution in [0, 0.1) is 0 Å². The molecule has 1 aromatic carbocycles. The molecule has 2 aromatic rings.